The first kappa shape index (κ1) is 15.1. The van der Waals surface area contributed by atoms with E-state index in [0.29, 0.717) is 5.69 Å². The van der Waals surface area contributed by atoms with Crippen LogP contribution in [-0.2, 0) is 14.8 Å². The largest absolute Gasteiger partial charge is 0.465 e. The summed E-state index contributed by atoms with van der Waals surface area (Å²) < 4.78 is 32.0. The second-order valence-electron chi connectivity index (χ2n) is 4.43. The number of ether oxygens (including phenoxy) is 1. The van der Waals surface area contributed by atoms with Crippen LogP contribution in [0.15, 0.2) is 23.1 Å². The minimum atomic E-state index is -3.77. The predicted octanol–water partition coefficient (Wildman–Crippen LogP) is 0.839. The normalized spacial score (nSPS) is 18.9. The molecule has 0 aliphatic carbocycles. The van der Waals surface area contributed by atoms with E-state index in [9.17, 15) is 13.2 Å². The van der Waals surface area contributed by atoms with Gasteiger partial charge in [-0.1, -0.05) is 0 Å². The minimum Gasteiger partial charge on any atom is -0.465 e. The van der Waals surface area contributed by atoms with Gasteiger partial charge in [0.05, 0.1) is 17.6 Å². The molecule has 1 saturated heterocycles. The molecule has 20 heavy (non-hydrogen) atoms. The number of nitrogen functional groups attached to an aromatic ring is 1. The Morgan fingerprint density at radius 1 is 1.50 bits per heavy atom. The van der Waals surface area contributed by atoms with E-state index in [2.05, 4.69) is 9.46 Å². The lowest BCUT2D eigenvalue weighted by Crippen LogP contribution is -2.35. The number of anilines is 1. The molecule has 0 spiro atoms. The summed E-state index contributed by atoms with van der Waals surface area (Å²) >= 11 is 1.70. The summed E-state index contributed by atoms with van der Waals surface area (Å²) in [5, 5.41) is 0. The molecular formula is C12H16N2O4S2. The third-order valence-electron chi connectivity index (χ3n) is 2.95. The molecule has 1 unspecified atom stereocenters. The molecule has 1 aromatic carbocycles. The van der Waals surface area contributed by atoms with Gasteiger partial charge in [0.2, 0.25) is 10.0 Å². The standard InChI is InChI=1S/C12H16N2O4S2/c1-18-12(15)10-6-8(13)2-3-11(10)20(16,17)14-9-4-5-19-7-9/h2-3,6,9,14H,4-5,7,13H2,1H3. The topological polar surface area (TPSA) is 98.5 Å². The maximum atomic E-state index is 12.4. The molecule has 2 rings (SSSR count). The summed E-state index contributed by atoms with van der Waals surface area (Å²) in [5.41, 5.74) is 5.86. The average Bonchev–Trinajstić information content (AvgIpc) is 2.89. The van der Waals surface area contributed by atoms with E-state index in [1.165, 1.54) is 25.3 Å². The number of rotatable bonds is 4. The van der Waals surface area contributed by atoms with Crippen LogP contribution in [0.25, 0.3) is 0 Å². The fourth-order valence-electron chi connectivity index (χ4n) is 1.96. The number of nitrogens with two attached hydrogens (primary N) is 1. The fraction of sp³-hybridized carbons (Fsp3) is 0.417. The number of methoxy groups -OCH3 is 1. The molecule has 0 aromatic heterocycles. The van der Waals surface area contributed by atoms with Crippen LogP contribution < -0.4 is 10.5 Å². The van der Waals surface area contributed by atoms with Gasteiger partial charge >= 0.3 is 5.97 Å². The molecule has 8 heteroatoms. The molecule has 0 amide bonds. The van der Waals surface area contributed by atoms with Gasteiger partial charge in [-0.15, -0.1) is 0 Å². The number of carbonyl (C=O) groups excluding carboxylic acids is 1. The molecule has 1 aromatic rings. The maximum absolute atomic E-state index is 12.4. The summed E-state index contributed by atoms with van der Waals surface area (Å²) in [4.78, 5) is 11.6. The molecule has 0 bridgehead atoms. The van der Waals surface area contributed by atoms with Crippen LogP contribution >= 0.6 is 11.8 Å². The maximum Gasteiger partial charge on any atom is 0.339 e. The molecule has 3 N–H and O–H groups in total. The number of hydrogen-bond acceptors (Lipinski definition) is 6. The highest BCUT2D eigenvalue weighted by atomic mass is 32.2. The van der Waals surface area contributed by atoms with Crippen LogP contribution in [0.4, 0.5) is 5.69 Å². The van der Waals surface area contributed by atoms with Crippen molar-refractivity contribution in [2.75, 3.05) is 24.3 Å². The summed E-state index contributed by atoms with van der Waals surface area (Å²) in [6.07, 6.45) is 0.784. The Kier molecular flexibility index (Phi) is 4.56. The van der Waals surface area contributed by atoms with Crippen molar-refractivity contribution in [2.24, 2.45) is 0 Å². The molecule has 1 fully saturated rings. The Morgan fingerprint density at radius 2 is 2.25 bits per heavy atom. The van der Waals surface area contributed by atoms with Crippen LogP contribution in [0.1, 0.15) is 16.8 Å². The van der Waals surface area contributed by atoms with E-state index < -0.39 is 16.0 Å². The SMILES string of the molecule is COC(=O)c1cc(N)ccc1S(=O)(=O)NC1CCSC1. The molecule has 6 nitrogen and oxygen atoms in total. The zero-order valence-corrected chi connectivity index (χ0v) is 12.6. The van der Waals surface area contributed by atoms with Gasteiger partial charge in [-0.25, -0.2) is 17.9 Å². The van der Waals surface area contributed by atoms with E-state index in [-0.39, 0.29) is 16.5 Å². The summed E-state index contributed by atoms with van der Waals surface area (Å²) in [5.74, 6) is 0.944. The lowest BCUT2D eigenvalue weighted by Gasteiger charge is -2.14. The van der Waals surface area contributed by atoms with E-state index in [0.717, 1.165) is 17.9 Å². The molecule has 110 valence electrons. The van der Waals surface area contributed by atoms with Crippen LogP contribution in [0.3, 0.4) is 0 Å². The van der Waals surface area contributed by atoms with Crippen molar-refractivity contribution in [3.63, 3.8) is 0 Å². The van der Waals surface area contributed by atoms with Gasteiger partial charge in [0.25, 0.3) is 0 Å². The van der Waals surface area contributed by atoms with Crippen molar-refractivity contribution in [1.29, 1.82) is 0 Å². The second kappa shape index (κ2) is 6.02. The second-order valence-corrected chi connectivity index (χ2v) is 7.26. The van der Waals surface area contributed by atoms with E-state index >= 15 is 0 Å². The first-order valence-corrected chi connectivity index (χ1v) is 8.66. The highest BCUT2D eigenvalue weighted by molar-refractivity contribution is 7.99. The van der Waals surface area contributed by atoms with Crippen molar-refractivity contribution in [3.05, 3.63) is 23.8 Å². The Balaban J connectivity index is 2.37. The predicted molar refractivity (Wildman–Crippen MR) is 78.2 cm³/mol. The lowest BCUT2D eigenvalue weighted by molar-refractivity contribution is 0.0596. The number of thioether (sulfide) groups is 1. The van der Waals surface area contributed by atoms with Gasteiger partial charge in [0.15, 0.2) is 0 Å². The molecule has 0 saturated carbocycles. The van der Waals surface area contributed by atoms with Crippen LogP contribution in [0.5, 0.6) is 0 Å². The van der Waals surface area contributed by atoms with Crippen molar-refractivity contribution in [2.45, 2.75) is 17.4 Å². The highest BCUT2D eigenvalue weighted by Gasteiger charge is 2.27. The molecule has 1 heterocycles. The smallest absolute Gasteiger partial charge is 0.339 e. The van der Waals surface area contributed by atoms with Gasteiger partial charge in [0, 0.05) is 17.5 Å². The zero-order chi connectivity index (χ0) is 14.8. The first-order valence-electron chi connectivity index (χ1n) is 6.02. The number of benzene rings is 1. The lowest BCUT2D eigenvalue weighted by atomic mass is 10.2. The van der Waals surface area contributed by atoms with Gasteiger partial charge < -0.3 is 10.5 Å². The molecule has 1 aliphatic heterocycles. The number of hydrogen-bond donors (Lipinski definition) is 2. The Hall–Kier alpha value is -1.25. The van der Waals surface area contributed by atoms with E-state index in [1.807, 2.05) is 0 Å². The number of nitrogens with one attached hydrogen (secondary N) is 1. The number of sulfonamides is 1. The molecular weight excluding hydrogens is 300 g/mol. The van der Waals surface area contributed by atoms with Crippen molar-refractivity contribution in [1.82, 2.24) is 4.72 Å². The molecule has 1 atom stereocenters. The van der Waals surface area contributed by atoms with Gasteiger partial charge in [0.1, 0.15) is 0 Å². The minimum absolute atomic E-state index is 0.0503. The van der Waals surface area contributed by atoms with E-state index in [1.54, 1.807) is 11.8 Å². The van der Waals surface area contributed by atoms with Gasteiger partial charge in [-0.05, 0) is 30.4 Å². The summed E-state index contributed by atoms with van der Waals surface area (Å²) in [7, 11) is -2.57. The average molecular weight is 316 g/mol. The monoisotopic (exact) mass is 316 g/mol. The molecule has 0 radical (unpaired) electrons. The van der Waals surface area contributed by atoms with Crippen molar-refractivity contribution in [3.8, 4) is 0 Å². The van der Waals surface area contributed by atoms with Crippen LogP contribution in [-0.4, -0.2) is 39.0 Å². The number of carbonyl (C=O) groups is 1. The fourth-order valence-corrected chi connectivity index (χ4v) is 4.67. The third kappa shape index (κ3) is 3.25. The van der Waals surface area contributed by atoms with Crippen LogP contribution in [0, 0.1) is 0 Å². The number of esters is 1. The first-order chi connectivity index (χ1) is 9.44. The zero-order valence-electron chi connectivity index (χ0n) is 11.0. The quantitative estimate of drug-likeness (QED) is 0.631. The highest BCUT2D eigenvalue weighted by Crippen LogP contribution is 2.23. The van der Waals surface area contributed by atoms with Crippen molar-refractivity contribution >= 4 is 33.4 Å². The third-order valence-corrected chi connectivity index (χ3v) is 5.69. The summed E-state index contributed by atoms with van der Waals surface area (Å²) in [6, 6.07) is 3.98. The van der Waals surface area contributed by atoms with Gasteiger partial charge in [-0.2, -0.15) is 11.8 Å². The Morgan fingerprint density at radius 3 is 2.85 bits per heavy atom. The molecule has 1 aliphatic rings. The summed E-state index contributed by atoms with van der Waals surface area (Å²) in [6.45, 7) is 0. The van der Waals surface area contributed by atoms with E-state index in [4.69, 9.17) is 5.73 Å². The van der Waals surface area contributed by atoms with Gasteiger partial charge in [-0.3, -0.25) is 0 Å². The Labute approximate surface area is 122 Å². The van der Waals surface area contributed by atoms with Crippen molar-refractivity contribution < 1.29 is 17.9 Å². The Bertz CT molecular complexity index is 610. The van der Waals surface area contributed by atoms with Crippen LogP contribution in [0.2, 0.25) is 0 Å².